The van der Waals surface area contributed by atoms with Crippen molar-refractivity contribution >= 4 is 16.8 Å². The molecule has 1 aromatic heterocycles. The van der Waals surface area contributed by atoms with Gasteiger partial charge in [0, 0.05) is 23.6 Å². The number of carbonyl (C=O) groups excluding carboxylic acids is 1. The van der Waals surface area contributed by atoms with Crippen molar-refractivity contribution in [1.29, 1.82) is 0 Å². The maximum Gasteiger partial charge on any atom is 0.169 e. The molecule has 2 heterocycles. The zero-order valence-electron chi connectivity index (χ0n) is 20.9. The first-order valence-corrected chi connectivity index (χ1v) is 12.8. The van der Waals surface area contributed by atoms with Gasteiger partial charge in [-0.25, -0.2) is 9.97 Å². The molecule has 1 aliphatic carbocycles. The molecule has 180 valence electrons. The van der Waals surface area contributed by atoms with Gasteiger partial charge in [-0.15, -0.1) is 0 Å². The second-order valence-electron chi connectivity index (χ2n) is 10.3. The molecule has 4 nitrogen and oxygen atoms in total. The molecule has 4 aromatic carbocycles. The highest BCUT2D eigenvalue weighted by atomic mass is 16.1. The molecular weight excluding hydrogens is 454 g/mol. The van der Waals surface area contributed by atoms with Crippen molar-refractivity contribution in [1.82, 2.24) is 14.9 Å². The second kappa shape index (κ2) is 8.19. The molecule has 5 aromatic rings. The van der Waals surface area contributed by atoms with Crippen molar-refractivity contribution in [2.75, 3.05) is 13.6 Å². The quantitative estimate of drug-likeness (QED) is 0.280. The Bertz CT molecular complexity index is 1660. The molecule has 37 heavy (non-hydrogen) atoms. The SMILES string of the molecule is Cc1ccc([C@H]2CN(C)C3(c4ccccc4-c4nc5ccccc5nc43)[C@@H]2C(=O)c2ccccc2)cc1. The maximum absolute atomic E-state index is 14.6. The summed E-state index contributed by atoms with van der Waals surface area (Å²) in [5, 5.41) is 0. The van der Waals surface area contributed by atoms with Gasteiger partial charge < -0.3 is 0 Å². The minimum absolute atomic E-state index is 0.00517. The number of hydrogen-bond acceptors (Lipinski definition) is 4. The fourth-order valence-corrected chi connectivity index (χ4v) is 6.64. The molecule has 1 unspecified atom stereocenters. The average Bonchev–Trinajstić information content (AvgIpc) is 3.40. The van der Waals surface area contributed by atoms with Crippen molar-refractivity contribution in [2.24, 2.45) is 5.92 Å². The minimum Gasteiger partial charge on any atom is -0.294 e. The molecule has 0 saturated carbocycles. The number of hydrogen-bond donors (Lipinski definition) is 0. The van der Waals surface area contributed by atoms with E-state index in [9.17, 15) is 4.79 Å². The van der Waals surface area contributed by atoms with Crippen molar-refractivity contribution in [2.45, 2.75) is 18.4 Å². The van der Waals surface area contributed by atoms with Crippen LogP contribution in [0.4, 0.5) is 0 Å². The Morgan fingerprint density at radius 1 is 0.811 bits per heavy atom. The van der Waals surface area contributed by atoms with E-state index in [1.165, 1.54) is 11.1 Å². The molecule has 0 radical (unpaired) electrons. The molecule has 0 N–H and O–H groups in total. The van der Waals surface area contributed by atoms with Crippen molar-refractivity contribution < 1.29 is 4.79 Å². The van der Waals surface area contributed by atoms with Crippen LogP contribution in [0, 0.1) is 12.8 Å². The molecule has 0 bridgehead atoms. The predicted octanol–water partition coefficient (Wildman–Crippen LogP) is 6.39. The van der Waals surface area contributed by atoms with Crippen LogP contribution >= 0.6 is 0 Å². The van der Waals surface area contributed by atoms with Crippen molar-refractivity contribution in [3.05, 3.63) is 131 Å². The summed E-state index contributed by atoms with van der Waals surface area (Å²) >= 11 is 0. The van der Waals surface area contributed by atoms with Crippen LogP contribution in [0.15, 0.2) is 103 Å². The summed E-state index contributed by atoms with van der Waals surface area (Å²) in [5.41, 5.74) is 8.10. The van der Waals surface area contributed by atoms with E-state index in [1.807, 2.05) is 54.6 Å². The molecule has 1 fully saturated rings. The number of para-hydroxylation sites is 2. The highest BCUT2D eigenvalue weighted by molar-refractivity contribution is 6.01. The first-order valence-electron chi connectivity index (χ1n) is 12.8. The summed E-state index contributed by atoms with van der Waals surface area (Å²) in [4.78, 5) is 27.4. The number of nitrogens with zero attached hydrogens (tertiary/aromatic N) is 3. The molecule has 7 rings (SSSR count). The number of rotatable bonds is 3. The number of ketones is 1. The van der Waals surface area contributed by atoms with Crippen LogP contribution in [0.1, 0.15) is 38.7 Å². The number of likely N-dealkylation sites (N-methyl/N-ethyl adjacent to an activating group) is 1. The molecule has 1 aliphatic heterocycles. The van der Waals surface area contributed by atoms with Gasteiger partial charge in [0.15, 0.2) is 5.78 Å². The van der Waals surface area contributed by atoms with Crippen molar-refractivity contribution in [3.63, 3.8) is 0 Å². The Hall–Kier alpha value is -4.15. The van der Waals surface area contributed by atoms with E-state index >= 15 is 0 Å². The Labute approximate surface area is 216 Å². The van der Waals surface area contributed by atoms with Gasteiger partial charge in [-0.05, 0) is 37.2 Å². The monoisotopic (exact) mass is 481 g/mol. The summed E-state index contributed by atoms with van der Waals surface area (Å²) in [6.07, 6.45) is 0. The van der Waals surface area contributed by atoms with E-state index in [1.54, 1.807) is 0 Å². The fourth-order valence-electron chi connectivity index (χ4n) is 6.64. The molecule has 1 saturated heterocycles. The lowest BCUT2D eigenvalue weighted by molar-refractivity contribution is 0.0807. The van der Waals surface area contributed by atoms with Gasteiger partial charge in [-0.2, -0.15) is 0 Å². The van der Waals surface area contributed by atoms with E-state index in [4.69, 9.17) is 9.97 Å². The number of Topliss-reactive ketones (excluding diaryl/α,β-unsaturated/α-hetero) is 1. The van der Waals surface area contributed by atoms with Gasteiger partial charge in [0.2, 0.25) is 0 Å². The van der Waals surface area contributed by atoms with Crippen LogP contribution in [-0.2, 0) is 5.54 Å². The Balaban J connectivity index is 1.55. The normalized spacial score (nSPS) is 22.3. The summed E-state index contributed by atoms with van der Waals surface area (Å²) in [6.45, 7) is 2.84. The lowest BCUT2D eigenvalue weighted by Crippen LogP contribution is -2.46. The number of carbonyl (C=O) groups is 1. The van der Waals surface area contributed by atoms with Crippen LogP contribution in [0.2, 0.25) is 0 Å². The number of likely N-dealkylation sites (tertiary alicyclic amines) is 1. The molecule has 3 atom stereocenters. The van der Waals surface area contributed by atoms with Crippen molar-refractivity contribution in [3.8, 4) is 11.3 Å². The summed E-state index contributed by atoms with van der Waals surface area (Å²) < 4.78 is 0. The Kier molecular flexibility index (Phi) is 4.89. The van der Waals surface area contributed by atoms with Gasteiger partial charge in [-0.1, -0.05) is 96.6 Å². The zero-order chi connectivity index (χ0) is 25.1. The Morgan fingerprint density at radius 2 is 1.46 bits per heavy atom. The number of aromatic nitrogens is 2. The van der Waals surface area contributed by atoms with Crippen LogP contribution in [-0.4, -0.2) is 34.2 Å². The first-order chi connectivity index (χ1) is 18.1. The van der Waals surface area contributed by atoms with E-state index in [0.29, 0.717) is 0 Å². The summed E-state index contributed by atoms with van der Waals surface area (Å²) in [6, 6.07) is 34.8. The standard InChI is InChI=1S/C33H27N3O/c1-21-16-18-22(19-17-21)25-20-36(2)33(29(25)31(37)23-10-4-3-5-11-23)26-13-7-6-12-24(26)30-32(33)35-28-15-9-8-14-27(28)34-30/h3-19,25,29H,20H2,1-2H3/t25-,29+,33?/m1/s1. The Morgan fingerprint density at radius 3 is 2.22 bits per heavy atom. The third-order valence-electron chi connectivity index (χ3n) is 8.30. The van der Waals surface area contributed by atoms with Crippen LogP contribution in [0.3, 0.4) is 0 Å². The molecule has 0 amide bonds. The van der Waals surface area contributed by atoms with Crippen LogP contribution in [0.5, 0.6) is 0 Å². The fraction of sp³-hybridized carbons (Fsp3) is 0.182. The van der Waals surface area contributed by atoms with E-state index in [0.717, 1.165) is 45.7 Å². The lowest BCUT2D eigenvalue weighted by atomic mass is 9.70. The van der Waals surface area contributed by atoms with Crippen LogP contribution < -0.4 is 0 Å². The first kappa shape index (κ1) is 22.1. The molecule has 4 heteroatoms. The average molecular weight is 482 g/mol. The third kappa shape index (κ3) is 3.09. The minimum atomic E-state index is -0.717. The maximum atomic E-state index is 14.6. The van der Waals surface area contributed by atoms with Crippen LogP contribution in [0.25, 0.3) is 22.3 Å². The molecular formula is C33H27N3O. The highest BCUT2D eigenvalue weighted by Gasteiger charge is 2.62. The van der Waals surface area contributed by atoms with E-state index in [-0.39, 0.29) is 17.6 Å². The van der Waals surface area contributed by atoms with E-state index in [2.05, 4.69) is 67.4 Å². The lowest BCUT2D eigenvalue weighted by Gasteiger charge is -2.38. The van der Waals surface area contributed by atoms with Gasteiger partial charge in [0.05, 0.1) is 28.3 Å². The number of fused-ring (bicyclic) bond motifs is 6. The molecule has 2 aliphatic rings. The predicted molar refractivity (Wildman–Crippen MR) is 147 cm³/mol. The van der Waals surface area contributed by atoms with Gasteiger partial charge in [0.25, 0.3) is 0 Å². The summed E-state index contributed by atoms with van der Waals surface area (Å²) in [7, 11) is 2.14. The third-order valence-corrected chi connectivity index (χ3v) is 8.30. The largest absolute Gasteiger partial charge is 0.294 e. The zero-order valence-corrected chi connectivity index (χ0v) is 20.9. The van der Waals surface area contributed by atoms with Gasteiger partial charge in [0.1, 0.15) is 5.54 Å². The second-order valence-corrected chi connectivity index (χ2v) is 10.3. The number of aryl methyl sites for hydroxylation is 1. The molecule has 1 spiro atoms. The topological polar surface area (TPSA) is 46.1 Å². The number of benzene rings is 4. The van der Waals surface area contributed by atoms with Gasteiger partial charge in [-0.3, -0.25) is 9.69 Å². The highest BCUT2D eigenvalue weighted by Crippen LogP contribution is 2.60. The van der Waals surface area contributed by atoms with E-state index < -0.39 is 5.54 Å². The van der Waals surface area contributed by atoms with Gasteiger partial charge >= 0.3 is 0 Å². The summed E-state index contributed by atoms with van der Waals surface area (Å²) in [5.74, 6) is -0.209. The smallest absolute Gasteiger partial charge is 0.169 e.